The van der Waals surface area contributed by atoms with Gasteiger partial charge in [0.1, 0.15) is 13.2 Å². The minimum Gasteiger partial charge on any atom is -0.462 e. The van der Waals surface area contributed by atoms with Crippen LogP contribution in [0.1, 0.15) is 252 Å². The molecule has 0 bridgehead atoms. The van der Waals surface area contributed by atoms with E-state index >= 15 is 0 Å². The first kappa shape index (κ1) is 50.4. The van der Waals surface area contributed by atoms with Crippen LogP contribution in [0.3, 0.4) is 0 Å². The van der Waals surface area contributed by atoms with Gasteiger partial charge in [-0.05, 0) is 25.2 Å². The molecule has 52 heavy (non-hydrogen) atoms. The summed E-state index contributed by atoms with van der Waals surface area (Å²) < 4.78 is 16.6. The predicted octanol–water partition coefficient (Wildman–Crippen LogP) is 14.3. The first-order chi connectivity index (χ1) is 25.4. The van der Waals surface area contributed by atoms with Crippen LogP contribution in [0.2, 0.25) is 0 Å². The lowest BCUT2D eigenvalue weighted by atomic mass is 10.00. The quantitative estimate of drug-likeness (QED) is 0.0353. The van der Waals surface area contributed by atoms with E-state index in [9.17, 15) is 14.4 Å². The molecule has 0 amide bonds. The number of rotatable bonds is 41. The van der Waals surface area contributed by atoms with E-state index in [1.807, 2.05) is 0 Å². The Morgan fingerprint density at radius 3 is 1.00 bits per heavy atom. The summed E-state index contributed by atoms with van der Waals surface area (Å²) in [6.45, 7) is 8.89. The molecule has 0 aliphatic heterocycles. The number of esters is 3. The summed E-state index contributed by atoms with van der Waals surface area (Å²) in [6.07, 6.45) is 39.8. The molecule has 0 spiro atoms. The van der Waals surface area contributed by atoms with Gasteiger partial charge in [-0.15, -0.1) is 0 Å². The molecule has 6 nitrogen and oxygen atoms in total. The maximum absolute atomic E-state index is 12.7. The van der Waals surface area contributed by atoms with Crippen molar-refractivity contribution in [2.75, 3.05) is 13.2 Å². The van der Waals surface area contributed by atoms with Crippen molar-refractivity contribution in [3.63, 3.8) is 0 Å². The molecule has 0 saturated heterocycles. The molecule has 2 atom stereocenters. The highest BCUT2D eigenvalue weighted by molar-refractivity contribution is 5.71. The molecule has 0 N–H and O–H groups in total. The fraction of sp³-hybridized carbons (Fsp3) is 0.935. The Bertz CT molecular complexity index is 783. The topological polar surface area (TPSA) is 78.9 Å². The Morgan fingerprint density at radius 1 is 0.385 bits per heavy atom. The van der Waals surface area contributed by atoms with Crippen molar-refractivity contribution >= 4 is 17.9 Å². The van der Waals surface area contributed by atoms with E-state index in [2.05, 4.69) is 27.7 Å². The maximum Gasteiger partial charge on any atom is 0.306 e. The molecule has 0 fully saturated rings. The number of hydrogen-bond donors (Lipinski definition) is 0. The van der Waals surface area contributed by atoms with Crippen molar-refractivity contribution in [2.45, 2.75) is 259 Å². The largest absolute Gasteiger partial charge is 0.462 e. The fourth-order valence-electron chi connectivity index (χ4n) is 6.77. The minimum absolute atomic E-state index is 0.0663. The van der Waals surface area contributed by atoms with Crippen LogP contribution in [0, 0.1) is 5.92 Å². The summed E-state index contributed by atoms with van der Waals surface area (Å²) in [4.78, 5) is 37.4. The highest BCUT2D eigenvalue weighted by atomic mass is 16.6. The van der Waals surface area contributed by atoms with Gasteiger partial charge in [-0.25, -0.2) is 0 Å². The van der Waals surface area contributed by atoms with Gasteiger partial charge >= 0.3 is 17.9 Å². The molecule has 0 heterocycles. The standard InChI is InChI=1S/C46H88O6/c1-5-8-10-12-13-14-15-16-17-18-19-20-21-22-23-24-25-31-35-39-46(49)52-43(40-50-44(47)37-33-28-11-9-6-2)41-51-45(48)38-34-30-27-26-29-32-36-42(4)7-3/h42-43H,5-41H2,1-4H3/t42?,43-/m0/s1. The Morgan fingerprint density at radius 2 is 0.673 bits per heavy atom. The van der Waals surface area contributed by atoms with Crippen molar-refractivity contribution in [1.82, 2.24) is 0 Å². The van der Waals surface area contributed by atoms with E-state index in [1.165, 1.54) is 141 Å². The molecular weight excluding hydrogens is 648 g/mol. The van der Waals surface area contributed by atoms with Crippen LogP contribution in [0.5, 0.6) is 0 Å². The van der Waals surface area contributed by atoms with Crippen LogP contribution in [0.25, 0.3) is 0 Å². The lowest BCUT2D eigenvalue weighted by Crippen LogP contribution is -2.30. The van der Waals surface area contributed by atoms with Crippen LogP contribution >= 0.6 is 0 Å². The number of hydrogen-bond acceptors (Lipinski definition) is 6. The molecule has 0 aromatic rings. The Kier molecular flexibility index (Phi) is 39.4. The van der Waals surface area contributed by atoms with Gasteiger partial charge < -0.3 is 14.2 Å². The van der Waals surface area contributed by atoms with Crippen LogP contribution in [-0.4, -0.2) is 37.2 Å². The predicted molar refractivity (Wildman–Crippen MR) is 220 cm³/mol. The maximum atomic E-state index is 12.7. The normalized spacial score (nSPS) is 12.5. The lowest BCUT2D eigenvalue weighted by molar-refractivity contribution is -0.167. The first-order valence-electron chi connectivity index (χ1n) is 22.9. The molecule has 308 valence electrons. The van der Waals surface area contributed by atoms with Gasteiger partial charge in [-0.3, -0.25) is 14.4 Å². The Balaban J connectivity index is 4.12. The highest BCUT2D eigenvalue weighted by Gasteiger charge is 2.19. The molecule has 1 unspecified atom stereocenters. The SMILES string of the molecule is CCCCCCCCCCCCCCCCCCCCCC(=O)O[C@@H](COC(=O)CCCCCCC)COC(=O)CCCCCCCCC(C)CC. The zero-order valence-electron chi connectivity index (χ0n) is 35.3. The van der Waals surface area contributed by atoms with E-state index in [-0.39, 0.29) is 31.1 Å². The van der Waals surface area contributed by atoms with E-state index in [0.717, 1.165) is 70.1 Å². The lowest BCUT2D eigenvalue weighted by Gasteiger charge is -2.18. The van der Waals surface area contributed by atoms with Crippen LogP contribution in [-0.2, 0) is 28.6 Å². The summed E-state index contributed by atoms with van der Waals surface area (Å²) in [5.41, 5.74) is 0. The number of carbonyl (C=O) groups is 3. The molecule has 6 heteroatoms. The summed E-state index contributed by atoms with van der Waals surface area (Å²) in [6, 6.07) is 0. The minimum atomic E-state index is -0.758. The summed E-state index contributed by atoms with van der Waals surface area (Å²) in [7, 11) is 0. The van der Waals surface area contributed by atoms with E-state index in [1.54, 1.807) is 0 Å². The molecule has 0 radical (unpaired) electrons. The second-order valence-electron chi connectivity index (χ2n) is 15.9. The molecule has 0 aromatic carbocycles. The van der Waals surface area contributed by atoms with Crippen molar-refractivity contribution < 1.29 is 28.6 Å². The molecular formula is C46H88O6. The Labute approximate surface area is 323 Å². The van der Waals surface area contributed by atoms with Gasteiger partial charge in [-0.1, -0.05) is 214 Å². The van der Waals surface area contributed by atoms with Gasteiger partial charge in [0.15, 0.2) is 6.10 Å². The van der Waals surface area contributed by atoms with Crippen LogP contribution in [0.15, 0.2) is 0 Å². The fourth-order valence-corrected chi connectivity index (χ4v) is 6.77. The molecule has 0 aliphatic carbocycles. The van der Waals surface area contributed by atoms with Gasteiger partial charge in [0, 0.05) is 19.3 Å². The third kappa shape index (κ3) is 38.1. The third-order valence-electron chi connectivity index (χ3n) is 10.7. The van der Waals surface area contributed by atoms with Crippen LogP contribution in [0.4, 0.5) is 0 Å². The summed E-state index contributed by atoms with van der Waals surface area (Å²) in [5.74, 6) is -0.0574. The molecule has 0 aliphatic rings. The van der Waals surface area contributed by atoms with E-state index in [4.69, 9.17) is 14.2 Å². The summed E-state index contributed by atoms with van der Waals surface area (Å²) >= 11 is 0. The first-order valence-corrected chi connectivity index (χ1v) is 22.9. The average molecular weight is 737 g/mol. The van der Waals surface area contributed by atoms with Crippen molar-refractivity contribution in [3.05, 3.63) is 0 Å². The van der Waals surface area contributed by atoms with Gasteiger partial charge in [0.25, 0.3) is 0 Å². The second kappa shape index (κ2) is 40.6. The molecule has 0 aromatic heterocycles. The number of unbranched alkanes of at least 4 members (excludes halogenated alkanes) is 27. The van der Waals surface area contributed by atoms with Gasteiger partial charge in [0.05, 0.1) is 0 Å². The van der Waals surface area contributed by atoms with Crippen molar-refractivity contribution in [1.29, 1.82) is 0 Å². The van der Waals surface area contributed by atoms with E-state index < -0.39 is 6.10 Å². The smallest absolute Gasteiger partial charge is 0.306 e. The van der Waals surface area contributed by atoms with Crippen LogP contribution < -0.4 is 0 Å². The zero-order valence-corrected chi connectivity index (χ0v) is 35.3. The number of ether oxygens (including phenoxy) is 3. The van der Waals surface area contributed by atoms with Gasteiger partial charge in [-0.2, -0.15) is 0 Å². The highest BCUT2D eigenvalue weighted by Crippen LogP contribution is 2.17. The molecule has 0 saturated carbocycles. The second-order valence-corrected chi connectivity index (χ2v) is 15.9. The van der Waals surface area contributed by atoms with Gasteiger partial charge in [0.2, 0.25) is 0 Å². The van der Waals surface area contributed by atoms with Crippen molar-refractivity contribution in [3.8, 4) is 0 Å². The van der Waals surface area contributed by atoms with E-state index in [0.29, 0.717) is 19.3 Å². The molecule has 0 rings (SSSR count). The zero-order chi connectivity index (χ0) is 38.2. The average Bonchev–Trinajstić information content (AvgIpc) is 3.14. The Hall–Kier alpha value is -1.59. The van der Waals surface area contributed by atoms with Crippen molar-refractivity contribution in [2.24, 2.45) is 5.92 Å². The third-order valence-corrected chi connectivity index (χ3v) is 10.7. The summed E-state index contributed by atoms with van der Waals surface area (Å²) in [5, 5.41) is 0. The monoisotopic (exact) mass is 737 g/mol. The number of carbonyl (C=O) groups excluding carboxylic acids is 3.